The first-order chi connectivity index (χ1) is 15.0. The third-order valence-electron chi connectivity index (χ3n) is 4.55. The van der Waals surface area contributed by atoms with Crippen LogP contribution in [0.15, 0.2) is 94.4 Å². The Hall–Kier alpha value is -3.91. The molecule has 3 aromatic carbocycles. The molecule has 0 saturated heterocycles. The molecule has 0 aliphatic heterocycles. The number of methoxy groups -OCH3 is 1. The molecule has 0 spiro atoms. The van der Waals surface area contributed by atoms with Gasteiger partial charge in [0.15, 0.2) is 5.76 Å². The predicted molar refractivity (Wildman–Crippen MR) is 116 cm³/mol. The lowest BCUT2D eigenvalue weighted by molar-refractivity contribution is 0.0602. The molecule has 8 heteroatoms. The molecule has 0 atom stereocenters. The van der Waals surface area contributed by atoms with E-state index in [1.165, 1.54) is 31.4 Å². The topological polar surface area (TPSA) is 98.5 Å². The summed E-state index contributed by atoms with van der Waals surface area (Å²) in [6.45, 7) is 0. The highest BCUT2D eigenvalue weighted by atomic mass is 32.2. The van der Waals surface area contributed by atoms with Gasteiger partial charge in [-0.3, -0.25) is 4.72 Å². The summed E-state index contributed by atoms with van der Waals surface area (Å²) in [5.74, 6) is 0.368. The lowest BCUT2D eigenvalue weighted by atomic mass is 10.2. The molecule has 7 nitrogen and oxygen atoms in total. The van der Waals surface area contributed by atoms with Crippen LogP contribution in [-0.4, -0.2) is 26.5 Å². The Morgan fingerprint density at radius 3 is 2.29 bits per heavy atom. The van der Waals surface area contributed by atoms with E-state index in [-0.39, 0.29) is 16.1 Å². The van der Waals surface area contributed by atoms with E-state index >= 15 is 0 Å². The molecule has 156 valence electrons. The molecule has 0 fully saturated rings. The summed E-state index contributed by atoms with van der Waals surface area (Å²) in [5, 5.41) is 0. The molecule has 0 amide bonds. The molecule has 1 aromatic heterocycles. The maximum atomic E-state index is 12.8. The molecule has 4 rings (SSSR count). The van der Waals surface area contributed by atoms with Crippen LogP contribution in [0.4, 0.5) is 5.69 Å². The summed E-state index contributed by atoms with van der Waals surface area (Å²) in [7, 11) is -2.69. The van der Waals surface area contributed by atoms with Gasteiger partial charge in [-0.05, 0) is 36.4 Å². The number of carbonyl (C=O) groups excluding carboxylic acids is 1. The first kappa shape index (κ1) is 20.4. The lowest BCUT2D eigenvalue weighted by Crippen LogP contribution is -2.16. The minimum Gasteiger partial charge on any atom is -0.465 e. The van der Waals surface area contributed by atoms with Crippen LogP contribution in [0.2, 0.25) is 0 Å². The van der Waals surface area contributed by atoms with Crippen LogP contribution in [0.25, 0.3) is 22.8 Å². The van der Waals surface area contributed by atoms with Crippen molar-refractivity contribution in [2.45, 2.75) is 4.90 Å². The molecular weight excluding hydrogens is 416 g/mol. The van der Waals surface area contributed by atoms with Gasteiger partial charge < -0.3 is 9.15 Å². The highest BCUT2D eigenvalue weighted by Gasteiger charge is 2.19. The quantitative estimate of drug-likeness (QED) is 0.446. The zero-order chi connectivity index (χ0) is 21.8. The number of nitrogens with one attached hydrogen (secondary N) is 1. The standard InChI is InChI=1S/C23H18N2O5S/c1-29-23(26)19-9-5-6-10-20(19)25-31(27,28)18-13-11-17(12-14-18)22-24-15-21(30-22)16-7-3-2-4-8-16/h2-15,25H,1H3. The number of hydrogen-bond donors (Lipinski definition) is 1. The zero-order valence-corrected chi connectivity index (χ0v) is 17.3. The Kier molecular flexibility index (Phi) is 5.55. The van der Waals surface area contributed by atoms with Crippen molar-refractivity contribution < 1.29 is 22.4 Å². The highest BCUT2D eigenvalue weighted by molar-refractivity contribution is 7.92. The summed E-state index contributed by atoms with van der Waals surface area (Å²) in [5.41, 5.74) is 1.79. The van der Waals surface area contributed by atoms with E-state index in [2.05, 4.69) is 9.71 Å². The molecule has 1 N–H and O–H groups in total. The fourth-order valence-corrected chi connectivity index (χ4v) is 4.06. The molecule has 0 radical (unpaired) electrons. The van der Waals surface area contributed by atoms with Crippen LogP contribution < -0.4 is 4.72 Å². The minimum absolute atomic E-state index is 0.0331. The molecule has 4 aromatic rings. The van der Waals surface area contributed by atoms with Crippen LogP contribution in [-0.2, 0) is 14.8 Å². The van der Waals surface area contributed by atoms with Gasteiger partial charge in [-0.1, -0.05) is 42.5 Å². The van der Waals surface area contributed by atoms with Crippen LogP contribution in [0.3, 0.4) is 0 Å². The van der Waals surface area contributed by atoms with E-state index in [1.54, 1.807) is 30.5 Å². The molecular formula is C23H18N2O5S. The van der Waals surface area contributed by atoms with Gasteiger partial charge in [-0.2, -0.15) is 0 Å². The number of sulfonamides is 1. The van der Waals surface area contributed by atoms with Crippen molar-refractivity contribution in [3.63, 3.8) is 0 Å². The van der Waals surface area contributed by atoms with Gasteiger partial charge in [0.25, 0.3) is 10.0 Å². The maximum Gasteiger partial charge on any atom is 0.339 e. The van der Waals surface area contributed by atoms with Gasteiger partial charge in [0.05, 0.1) is 29.5 Å². The Morgan fingerprint density at radius 1 is 0.903 bits per heavy atom. The Morgan fingerprint density at radius 2 is 1.58 bits per heavy atom. The predicted octanol–water partition coefficient (Wildman–Crippen LogP) is 4.60. The van der Waals surface area contributed by atoms with Gasteiger partial charge in [0, 0.05) is 11.1 Å². The number of oxazole rings is 1. The number of rotatable bonds is 6. The first-order valence-corrected chi connectivity index (χ1v) is 10.8. The fourth-order valence-electron chi connectivity index (χ4n) is 2.98. The van der Waals surface area contributed by atoms with E-state index in [0.717, 1.165) is 5.56 Å². The van der Waals surface area contributed by atoms with Crippen molar-refractivity contribution >= 4 is 21.7 Å². The van der Waals surface area contributed by atoms with Crippen molar-refractivity contribution in [1.29, 1.82) is 0 Å². The van der Waals surface area contributed by atoms with E-state index in [9.17, 15) is 13.2 Å². The van der Waals surface area contributed by atoms with E-state index in [4.69, 9.17) is 9.15 Å². The second kappa shape index (κ2) is 8.45. The number of benzene rings is 3. The Labute approximate surface area is 179 Å². The Bertz CT molecular complexity index is 1310. The summed E-state index contributed by atoms with van der Waals surface area (Å²) in [6, 6.07) is 21.9. The number of esters is 1. The highest BCUT2D eigenvalue weighted by Crippen LogP contribution is 2.27. The van der Waals surface area contributed by atoms with Crippen LogP contribution in [0.5, 0.6) is 0 Å². The summed E-state index contributed by atoms with van der Waals surface area (Å²) < 4.78 is 38.5. The average Bonchev–Trinajstić information content (AvgIpc) is 3.30. The number of para-hydroxylation sites is 1. The molecule has 31 heavy (non-hydrogen) atoms. The van der Waals surface area contributed by atoms with E-state index in [1.807, 2.05) is 30.3 Å². The third-order valence-corrected chi connectivity index (χ3v) is 5.93. The molecule has 0 aliphatic rings. The monoisotopic (exact) mass is 434 g/mol. The first-order valence-electron chi connectivity index (χ1n) is 9.30. The van der Waals surface area contributed by atoms with Crippen LogP contribution >= 0.6 is 0 Å². The van der Waals surface area contributed by atoms with Crippen molar-refractivity contribution in [2.75, 3.05) is 11.8 Å². The molecule has 1 heterocycles. The molecule has 0 unspecified atom stereocenters. The van der Waals surface area contributed by atoms with Gasteiger partial charge in [-0.15, -0.1) is 0 Å². The van der Waals surface area contributed by atoms with Crippen molar-refractivity contribution in [2.24, 2.45) is 0 Å². The average molecular weight is 434 g/mol. The van der Waals surface area contributed by atoms with Crippen LogP contribution in [0.1, 0.15) is 10.4 Å². The minimum atomic E-state index is -3.92. The smallest absolute Gasteiger partial charge is 0.339 e. The van der Waals surface area contributed by atoms with Gasteiger partial charge in [0.1, 0.15) is 0 Å². The molecule has 0 saturated carbocycles. The van der Waals surface area contributed by atoms with E-state index in [0.29, 0.717) is 17.2 Å². The number of carbonyl (C=O) groups is 1. The summed E-state index contributed by atoms with van der Waals surface area (Å²) in [4.78, 5) is 16.2. The van der Waals surface area contributed by atoms with Crippen molar-refractivity contribution in [3.8, 4) is 22.8 Å². The van der Waals surface area contributed by atoms with Gasteiger partial charge in [-0.25, -0.2) is 18.2 Å². The summed E-state index contributed by atoms with van der Waals surface area (Å²) in [6.07, 6.45) is 1.63. The van der Waals surface area contributed by atoms with Crippen LogP contribution in [0, 0.1) is 0 Å². The number of nitrogens with zero attached hydrogens (tertiary/aromatic N) is 1. The fraction of sp³-hybridized carbons (Fsp3) is 0.0435. The SMILES string of the molecule is COC(=O)c1ccccc1NS(=O)(=O)c1ccc(-c2ncc(-c3ccccc3)o2)cc1. The molecule has 0 bridgehead atoms. The van der Waals surface area contributed by atoms with Gasteiger partial charge in [0.2, 0.25) is 5.89 Å². The normalized spacial score (nSPS) is 11.1. The lowest BCUT2D eigenvalue weighted by Gasteiger charge is -2.11. The molecule has 0 aliphatic carbocycles. The number of anilines is 1. The van der Waals surface area contributed by atoms with Gasteiger partial charge >= 0.3 is 5.97 Å². The van der Waals surface area contributed by atoms with E-state index < -0.39 is 16.0 Å². The zero-order valence-electron chi connectivity index (χ0n) is 16.5. The number of hydrogen-bond acceptors (Lipinski definition) is 6. The number of aromatic nitrogens is 1. The third kappa shape index (κ3) is 4.34. The Balaban J connectivity index is 1.57. The summed E-state index contributed by atoms with van der Waals surface area (Å²) >= 11 is 0. The second-order valence-electron chi connectivity index (χ2n) is 6.56. The largest absolute Gasteiger partial charge is 0.465 e. The second-order valence-corrected chi connectivity index (χ2v) is 8.25. The number of ether oxygens (including phenoxy) is 1. The van der Waals surface area contributed by atoms with Crippen molar-refractivity contribution in [1.82, 2.24) is 4.98 Å². The maximum absolute atomic E-state index is 12.8. The van der Waals surface area contributed by atoms with Crippen molar-refractivity contribution in [3.05, 3.63) is 90.6 Å².